The summed E-state index contributed by atoms with van der Waals surface area (Å²) in [5, 5.41) is 0.335. The van der Waals surface area contributed by atoms with Gasteiger partial charge in [0.15, 0.2) is 0 Å². The predicted molar refractivity (Wildman–Crippen MR) is 54.3 cm³/mol. The van der Waals surface area contributed by atoms with E-state index in [1.807, 2.05) is 6.92 Å². The molecule has 0 atom stereocenters. The van der Waals surface area contributed by atoms with Crippen LogP contribution in [0.3, 0.4) is 0 Å². The van der Waals surface area contributed by atoms with Gasteiger partial charge in [0.1, 0.15) is 0 Å². The summed E-state index contributed by atoms with van der Waals surface area (Å²) in [6, 6.07) is 4.91. The van der Waals surface area contributed by atoms with Gasteiger partial charge in [-0.05, 0) is 24.1 Å². The van der Waals surface area contributed by atoms with E-state index in [2.05, 4.69) is 0 Å². The number of hydrogen-bond donors (Lipinski definition) is 0. The van der Waals surface area contributed by atoms with Crippen molar-refractivity contribution in [3.05, 3.63) is 40.3 Å². The molecule has 0 bridgehead atoms. The molecule has 0 nitrogen and oxygen atoms in total. The fourth-order valence-electron chi connectivity index (χ4n) is 0.980. The topological polar surface area (TPSA) is 0 Å². The molecule has 6 heteroatoms. The van der Waals surface area contributed by atoms with Crippen molar-refractivity contribution in [2.45, 2.75) is 6.92 Å². The van der Waals surface area contributed by atoms with Crippen LogP contribution in [0, 0.1) is 6.92 Å². The first-order valence-corrected chi connectivity index (χ1v) is 4.41. The first-order valence-electron chi connectivity index (χ1n) is 4.04. The molecule has 0 aromatic heterocycles. The van der Waals surface area contributed by atoms with Crippen LogP contribution in [-0.4, -0.2) is 6.98 Å². The molecule has 0 unspecified atom stereocenters. The fourth-order valence-corrected chi connectivity index (χ4v) is 1.28. The first-order chi connectivity index (χ1) is 6.38. The Balaban J connectivity index is 0.00000196. The van der Waals surface area contributed by atoms with Gasteiger partial charge in [-0.15, -0.1) is 5.98 Å². The summed E-state index contributed by atoms with van der Waals surface area (Å²) in [6.07, 6.45) is 0.988. The summed E-state index contributed by atoms with van der Waals surface area (Å²) in [5.74, 6) is 0.233. The van der Waals surface area contributed by atoms with Crippen molar-refractivity contribution in [3.63, 3.8) is 0 Å². The maximum atomic E-state index is 11.9. The molecule has 0 spiro atoms. The molecule has 0 amide bonds. The van der Waals surface area contributed by atoms with E-state index in [-0.39, 0.29) is 57.4 Å². The van der Waals surface area contributed by atoms with Crippen molar-refractivity contribution >= 4 is 24.7 Å². The molecule has 0 aliphatic rings. The molecule has 1 aromatic carbocycles. The molecule has 1 aromatic rings. The predicted octanol–water partition coefficient (Wildman–Crippen LogP) is 1.05. The SMILES string of the molecule is Cc1ccc(/C=C/[B-](F)(F)F)c(Cl)c1.[K+]. The molecule has 0 heterocycles. The van der Waals surface area contributed by atoms with Crippen molar-refractivity contribution in [3.8, 4) is 0 Å². The molecule has 0 saturated carbocycles. The van der Waals surface area contributed by atoms with E-state index in [1.54, 1.807) is 18.2 Å². The minimum Gasteiger partial charge on any atom is -0.445 e. The molecular weight excluding hydrogens is 250 g/mol. The van der Waals surface area contributed by atoms with Gasteiger partial charge in [-0.3, -0.25) is 0 Å². The minimum atomic E-state index is -4.89. The third kappa shape index (κ3) is 6.14. The maximum absolute atomic E-state index is 11.9. The summed E-state index contributed by atoms with van der Waals surface area (Å²) >= 11 is 5.75. The zero-order chi connectivity index (χ0) is 10.8. The monoisotopic (exact) mass is 258 g/mol. The van der Waals surface area contributed by atoms with Gasteiger partial charge < -0.3 is 12.9 Å². The molecule has 0 N–H and O–H groups in total. The van der Waals surface area contributed by atoms with Crippen molar-refractivity contribution in [1.82, 2.24) is 0 Å². The molecule has 0 radical (unpaired) electrons. The number of aryl methyl sites for hydroxylation is 1. The summed E-state index contributed by atoms with van der Waals surface area (Å²) in [6.45, 7) is -3.06. The van der Waals surface area contributed by atoms with Gasteiger partial charge in [-0.25, -0.2) is 0 Å². The minimum absolute atomic E-state index is 0. The number of rotatable bonds is 2. The Kier molecular flexibility index (Phi) is 6.79. The molecule has 15 heavy (non-hydrogen) atoms. The summed E-state index contributed by atoms with van der Waals surface area (Å²) in [5.41, 5.74) is 1.31. The van der Waals surface area contributed by atoms with E-state index in [0.717, 1.165) is 11.6 Å². The Hall–Kier alpha value is 0.741. The Labute approximate surface area is 134 Å². The van der Waals surface area contributed by atoms with Crippen LogP contribution in [0.5, 0.6) is 0 Å². The van der Waals surface area contributed by atoms with E-state index in [9.17, 15) is 12.9 Å². The third-order valence-corrected chi connectivity index (χ3v) is 1.98. The first kappa shape index (κ1) is 15.7. The smallest absolute Gasteiger partial charge is 0.445 e. The van der Waals surface area contributed by atoms with Crippen LogP contribution in [0.1, 0.15) is 11.1 Å². The van der Waals surface area contributed by atoms with Crippen molar-refractivity contribution in [2.75, 3.05) is 0 Å². The normalized spacial score (nSPS) is 11.5. The van der Waals surface area contributed by atoms with Gasteiger partial charge in [0, 0.05) is 5.02 Å². The van der Waals surface area contributed by atoms with E-state index >= 15 is 0 Å². The Bertz CT molecular complexity index is 363. The molecular formula is C9H8BClF3K. The zero-order valence-corrected chi connectivity index (χ0v) is 12.4. The molecule has 0 saturated heterocycles. The molecule has 0 aliphatic carbocycles. The molecule has 0 aliphatic heterocycles. The third-order valence-electron chi connectivity index (χ3n) is 1.65. The Morgan fingerprint density at radius 3 is 2.33 bits per heavy atom. The number of halogens is 4. The Morgan fingerprint density at radius 2 is 1.87 bits per heavy atom. The van der Waals surface area contributed by atoms with Gasteiger partial charge >= 0.3 is 58.4 Å². The zero-order valence-electron chi connectivity index (χ0n) is 8.48. The van der Waals surface area contributed by atoms with Crippen LogP contribution in [-0.2, 0) is 0 Å². The quantitative estimate of drug-likeness (QED) is 0.696. The van der Waals surface area contributed by atoms with E-state index in [4.69, 9.17) is 11.6 Å². The summed E-state index contributed by atoms with van der Waals surface area (Å²) < 4.78 is 35.7. The molecule has 0 fully saturated rings. The Morgan fingerprint density at radius 1 is 1.27 bits per heavy atom. The fraction of sp³-hybridized carbons (Fsp3) is 0.111. The number of benzene rings is 1. The van der Waals surface area contributed by atoms with Crippen LogP contribution >= 0.6 is 11.6 Å². The second kappa shape index (κ2) is 6.47. The summed E-state index contributed by atoms with van der Waals surface area (Å²) in [4.78, 5) is 0. The van der Waals surface area contributed by atoms with Crippen LogP contribution in [0.15, 0.2) is 24.2 Å². The van der Waals surface area contributed by atoms with E-state index < -0.39 is 6.98 Å². The van der Waals surface area contributed by atoms with Crippen LogP contribution in [0.4, 0.5) is 12.9 Å². The van der Waals surface area contributed by atoms with Crippen molar-refractivity contribution in [2.24, 2.45) is 0 Å². The largest absolute Gasteiger partial charge is 1.00 e. The second-order valence-electron chi connectivity index (χ2n) is 3.01. The molecule has 76 valence electrons. The van der Waals surface area contributed by atoms with E-state index in [1.165, 1.54) is 0 Å². The van der Waals surface area contributed by atoms with Gasteiger partial charge in [-0.2, -0.15) is 0 Å². The number of hydrogen-bond acceptors (Lipinski definition) is 0. The summed E-state index contributed by atoms with van der Waals surface area (Å²) in [7, 11) is 0. The van der Waals surface area contributed by atoms with Crippen molar-refractivity contribution < 1.29 is 64.3 Å². The van der Waals surface area contributed by atoms with Gasteiger partial charge in [-0.1, -0.05) is 29.8 Å². The average molecular weight is 259 g/mol. The van der Waals surface area contributed by atoms with E-state index in [0.29, 0.717) is 10.6 Å². The second-order valence-corrected chi connectivity index (χ2v) is 3.42. The maximum Gasteiger partial charge on any atom is 1.00 e. The average Bonchev–Trinajstić information content (AvgIpc) is 2.00. The van der Waals surface area contributed by atoms with Gasteiger partial charge in [0.05, 0.1) is 0 Å². The van der Waals surface area contributed by atoms with Gasteiger partial charge in [0.25, 0.3) is 0 Å². The van der Waals surface area contributed by atoms with Crippen molar-refractivity contribution in [1.29, 1.82) is 0 Å². The molecule has 1 rings (SSSR count). The standard InChI is InChI=1S/C9H8BClF3.K/c1-7-2-3-8(9(11)6-7)4-5-10(12,13)14;/h2-6H,1H3;/q-1;+1/b5-4+;. The van der Waals surface area contributed by atoms with Crippen LogP contribution in [0.25, 0.3) is 6.08 Å². The van der Waals surface area contributed by atoms with Gasteiger partial charge in [0.2, 0.25) is 0 Å². The van der Waals surface area contributed by atoms with Crippen LogP contribution < -0.4 is 51.4 Å². The van der Waals surface area contributed by atoms with Crippen LogP contribution in [0.2, 0.25) is 5.02 Å².